The monoisotopic (exact) mass is 191 g/mol. The highest BCUT2D eigenvalue weighted by Crippen LogP contribution is 2.18. The van der Waals surface area contributed by atoms with Crippen LogP contribution in [0.4, 0.5) is 0 Å². The van der Waals surface area contributed by atoms with Gasteiger partial charge in [-0.05, 0) is 19.1 Å². The molecule has 1 heterocycles. The number of ether oxygens (including phenoxy) is 1. The van der Waals surface area contributed by atoms with Crippen molar-refractivity contribution >= 4 is 11.5 Å². The number of hydrogen-bond acceptors (Lipinski definition) is 4. The molecule has 1 rings (SSSR count). The van der Waals surface area contributed by atoms with Gasteiger partial charge in [-0.15, -0.1) is 0 Å². The van der Waals surface area contributed by atoms with Crippen LogP contribution in [0.5, 0.6) is 0 Å². The first-order valence-electron chi connectivity index (χ1n) is 3.94. The van der Waals surface area contributed by atoms with Crippen molar-refractivity contribution < 1.29 is 13.9 Å². The number of allylic oxidation sites excluding steroid dienone is 1. The molecular weight excluding hydrogens is 182 g/mol. The highest BCUT2D eigenvalue weighted by molar-refractivity contribution is 6.00. The normalized spacial score (nSPS) is 11.5. The molecule has 0 amide bonds. The van der Waals surface area contributed by atoms with Gasteiger partial charge in [0.1, 0.15) is 17.4 Å². The predicted octanol–water partition coefficient (Wildman–Crippen LogP) is 1.75. The van der Waals surface area contributed by atoms with Gasteiger partial charge in [0.2, 0.25) is 0 Å². The molecule has 72 valence electrons. The van der Waals surface area contributed by atoms with E-state index in [2.05, 4.69) is 4.74 Å². The van der Waals surface area contributed by atoms with Gasteiger partial charge in [-0.3, -0.25) is 0 Å². The van der Waals surface area contributed by atoms with Crippen LogP contribution in [0.3, 0.4) is 0 Å². The fraction of sp³-hybridized carbons (Fsp3) is 0.200. The van der Waals surface area contributed by atoms with E-state index in [0.29, 0.717) is 11.3 Å². The van der Waals surface area contributed by atoms with Gasteiger partial charge in [-0.1, -0.05) is 0 Å². The number of carbonyl (C=O) groups excluding carboxylic acids is 1. The van der Waals surface area contributed by atoms with E-state index in [1.165, 1.54) is 13.4 Å². The fourth-order valence-corrected chi connectivity index (χ4v) is 1.000. The van der Waals surface area contributed by atoms with E-state index in [1.54, 1.807) is 25.1 Å². The van der Waals surface area contributed by atoms with Crippen LogP contribution in [-0.4, -0.2) is 13.1 Å². The highest BCUT2D eigenvalue weighted by atomic mass is 16.5. The molecule has 0 atom stereocenters. The van der Waals surface area contributed by atoms with Crippen LogP contribution in [0.2, 0.25) is 0 Å². The lowest BCUT2D eigenvalue weighted by molar-refractivity contribution is -0.135. The quantitative estimate of drug-likeness (QED) is 0.406. The van der Waals surface area contributed by atoms with Crippen LogP contribution in [0.25, 0.3) is 5.57 Å². The summed E-state index contributed by atoms with van der Waals surface area (Å²) < 4.78 is 9.52. The fourth-order valence-electron chi connectivity index (χ4n) is 1.000. The molecule has 0 aliphatic carbocycles. The summed E-state index contributed by atoms with van der Waals surface area (Å²) in [5, 5.41) is 8.75. The molecule has 0 bridgehead atoms. The van der Waals surface area contributed by atoms with Crippen LogP contribution in [-0.2, 0) is 9.53 Å². The lowest BCUT2D eigenvalue weighted by Gasteiger charge is -2.00. The molecule has 4 heteroatoms. The van der Waals surface area contributed by atoms with Crippen LogP contribution < -0.4 is 0 Å². The minimum Gasteiger partial charge on any atom is -0.465 e. The van der Waals surface area contributed by atoms with Gasteiger partial charge in [0.05, 0.1) is 13.4 Å². The highest BCUT2D eigenvalue weighted by Gasteiger charge is 2.15. The number of nitriles is 1. The summed E-state index contributed by atoms with van der Waals surface area (Å²) in [5.41, 5.74) is 0.437. The third-order valence-electron chi connectivity index (χ3n) is 1.77. The second-order valence-corrected chi connectivity index (χ2v) is 2.58. The molecule has 0 spiro atoms. The van der Waals surface area contributed by atoms with Gasteiger partial charge in [-0.2, -0.15) is 5.26 Å². The maximum absolute atomic E-state index is 11.1. The molecule has 0 N–H and O–H groups in total. The van der Waals surface area contributed by atoms with Crippen molar-refractivity contribution in [2.45, 2.75) is 6.92 Å². The van der Waals surface area contributed by atoms with Crippen molar-refractivity contribution in [2.24, 2.45) is 0 Å². The van der Waals surface area contributed by atoms with Crippen molar-refractivity contribution in [3.05, 3.63) is 29.7 Å². The third kappa shape index (κ3) is 1.83. The summed E-state index contributed by atoms with van der Waals surface area (Å²) >= 11 is 0. The van der Waals surface area contributed by atoms with Crippen LogP contribution in [0.1, 0.15) is 12.7 Å². The largest absolute Gasteiger partial charge is 0.465 e. The van der Waals surface area contributed by atoms with E-state index in [0.717, 1.165) is 0 Å². The molecular formula is C10H9NO3. The van der Waals surface area contributed by atoms with Gasteiger partial charge in [0.15, 0.2) is 0 Å². The van der Waals surface area contributed by atoms with Gasteiger partial charge in [0.25, 0.3) is 0 Å². The molecule has 0 fully saturated rings. The summed E-state index contributed by atoms with van der Waals surface area (Å²) in [5.74, 6) is -0.159. The SMILES string of the molecule is COC(=O)/C(C#N)=C(\C)c1ccco1. The van der Waals surface area contributed by atoms with E-state index in [-0.39, 0.29) is 5.57 Å². The van der Waals surface area contributed by atoms with Gasteiger partial charge in [-0.25, -0.2) is 4.79 Å². The van der Waals surface area contributed by atoms with E-state index < -0.39 is 5.97 Å². The molecule has 0 saturated carbocycles. The molecule has 4 nitrogen and oxygen atoms in total. The zero-order valence-electron chi connectivity index (χ0n) is 7.90. The second-order valence-electron chi connectivity index (χ2n) is 2.58. The Balaban J connectivity index is 3.15. The molecule has 0 aromatic carbocycles. The van der Waals surface area contributed by atoms with Crippen molar-refractivity contribution in [1.82, 2.24) is 0 Å². The van der Waals surface area contributed by atoms with E-state index in [1.807, 2.05) is 0 Å². The molecule has 0 aliphatic rings. The zero-order valence-corrected chi connectivity index (χ0v) is 7.90. The first-order valence-corrected chi connectivity index (χ1v) is 3.94. The maximum Gasteiger partial charge on any atom is 0.349 e. The molecule has 1 aromatic heterocycles. The lowest BCUT2D eigenvalue weighted by atomic mass is 10.1. The Hall–Kier alpha value is -2.02. The Morgan fingerprint density at radius 3 is 2.79 bits per heavy atom. The third-order valence-corrected chi connectivity index (χ3v) is 1.77. The zero-order chi connectivity index (χ0) is 10.6. The Labute approximate surface area is 81.4 Å². The lowest BCUT2D eigenvalue weighted by Crippen LogP contribution is -2.04. The number of furan rings is 1. The number of rotatable bonds is 2. The molecule has 0 radical (unpaired) electrons. The topological polar surface area (TPSA) is 63.2 Å². The molecule has 1 aromatic rings. The number of carbonyl (C=O) groups is 1. The van der Waals surface area contributed by atoms with Crippen molar-refractivity contribution in [1.29, 1.82) is 5.26 Å². The van der Waals surface area contributed by atoms with Gasteiger partial charge < -0.3 is 9.15 Å². The number of hydrogen-bond donors (Lipinski definition) is 0. The second kappa shape index (κ2) is 4.28. The van der Waals surface area contributed by atoms with E-state index >= 15 is 0 Å². The smallest absolute Gasteiger partial charge is 0.349 e. The first-order chi connectivity index (χ1) is 6.70. The van der Waals surface area contributed by atoms with Crippen LogP contribution in [0, 0.1) is 11.3 Å². The molecule has 0 unspecified atom stereocenters. The van der Waals surface area contributed by atoms with Gasteiger partial charge >= 0.3 is 5.97 Å². The maximum atomic E-state index is 11.1. The summed E-state index contributed by atoms with van der Waals surface area (Å²) in [4.78, 5) is 11.1. The van der Waals surface area contributed by atoms with Crippen molar-refractivity contribution in [3.8, 4) is 6.07 Å². The minimum absolute atomic E-state index is 0.0394. The van der Waals surface area contributed by atoms with E-state index in [9.17, 15) is 4.79 Å². The Morgan fingerprint density at radius 1 is 1.64 bits per heavy atom. The summed E-state index contributed by atoms with van der Waals surface area (Å²) in [7, 11) is 1.23. The summed E-state index contributed by atoms with van der Waals surface area (Å²) in [6.45, 7) is 1.63. The Morgan fingerprint density at radius 2 is 2.36 bits per heavy atom. The van der Waals surface area contributed by atoms with Gasteiger partial charge in [0, 0.05) is 5.57 Å². The molecule has 14 heavy (non-hydrogen) atoms. The minimum atomic E-state index is -0.651. The average Bonchev–Trinajstić information content (AvgIpc) is 2.71. The Kier molecular flexibility index (Phi) is 3.08. The Bertz CT molecular complexity index is 396. The standard InChI is InChI=1S/C10H9NO3/c1-7(9-4-3-5-14-9)8(6-11)10(12)13-2/h3-5H,1-2H3/b8-7+. The summed E-state index contributed by atoms with van der Waals surface area (Å²) in [6.07, 6.45) is 1.48. The van der Waals surface area contributed by atoms with E-state index in [4.69, 9.17) is 9.68 Å². The van der Waals surface area contributed by atoms with Crippen LogP contribution in [0.15, 0.2) is 28.4 Å². The number of esters is 1. The van der Waals surface area contributed by atoms with Crippen molar-refractivity contribution in [2.75, 3.05) is 7.11 Å². The molecule has 0 aliphatic heterocycles. The number of nitrogens with zero attached hydrogens (tertiary/aromatic N) is 1. The van der Waals surface area contributed by atoms with Crippen molar-refractivity contribution in [3.63, 3.8) is 0 Å². The molecule has 0 saturated heterocycles. The first kappa shape index (κ1) is 10.1. The predicted molar refractivity (Wildman–Crippen MR) is 48.9 cm³/mol. The summed E-state index contributed by atoms with van der Waals surface area (Å²) in [6, 6.07) is 5.15. The average molecular weight is 191 g/mol. The number of methoxy groups -OCH3 is 1. The van der Waals surface area contributed by atoms with Crippen LogP contribution >= 0.6 is 0 Å².